The number of thiophene rings is 3. The van der Waals surface area contributed by atoms with Gasteiger partial charge in [-0.3, -0.25) is 29.0 Å². The molecule has 0 saturated heterocycles. The highest BCUT2D eigenvalue weighted by Crippen LogP contribution is 2.70. The summed E-state index contributed by atoms with van der Waals surface area (Å²) >= 11 is 5.32. The van der Waals surface area contributed by atoms with Gasteiger partial charge in [-0.05, 0) is 97.2 Å². The Kier molecular flexibility index (Phi) is 7.67. The van der Waals surface area contributed by atoms with Crippen molar-refractivity contribution in [3.05, 3.63) is 77.6 Å². The molecular formula is C42H36N4O4S3. The fourth-order valence-corrected chi connectivity index (χ4v) is 14.2. The molecule has 53 heavy (non-hydrogen) atoms. The second-order valence-corrected chi connectivity index (χ2v) is 18.4. The summed E-state index contributed by atoms with van der Waals surface area (Å²) in [6.07, 6.45) is 15.1. The first-order valence-corrected chi connectivity index (χ1v) is 20.7. The predicted molar refractivity (Wildman–Crippen MR) is 207 cm³/mol. The number of amides is 4. The molecule has 0 aromatic carbocycles. The van der Waals surface area contributed by atoms with Gasteiger partial charge >= 0.3 is 0 Å². The van der Waals surface area contributed by atoms with Crippen LogP contribution in [-0.4, -0.2) is 47.5 Å². The van der Waals surface area contributed by atoms with Gasteiger partial charge in [0.25, 0.3) is 23.6 Å². The second-order valence-electron chi connectivity index (χ2n) is 15.3. The molecule has 2 aliphatic heterocycles. The lowest BCUT2D eigenvalue weighted by atomic mass is 9.61. The van der Waals surface area contributed by atoms with Crippen LogP contribution in [0, 0.1) is 22.7 Å². The lowest BCUT2D eigenvalue weighted by molar-refractivity contribution is -0.140. The molecule has 3 aromatic heterocycles. The molecule has 0 unspecified atom stereocenters. The fourth-order valence-electron chi connectivity index (χ4n) is 9.97. The summed E-state index contributed by atoms with van der Waals surface area (Å²) in [6, 6.07) is 8.61. The molecule has 0 N–H and O–H groups in total. The van der Waals surface area contributed by atoms with Crippen LogP contribution in [0.4, 0.5) is 0 Å². The van der Waals surface area contributed by atoms with Crippen molar-refractivity contribution >= 4 is 69.8 Å². The van der Waals surface area contributed by atoms with Crippen LogP contribution in [-0.2, 0) is 30.0 Å². The third-order valence-electron chi connectivity index (χ3n) is 12.7. The number of hydrogen-bond acceptors (Lipinski definition) is 9. The summed E-state index contributed by atoms with van der Waals surface area (Å²) in [5.41, 5.74) is 7.24. The molecule has 8 nitrogen and oxygen atoms in total. The van der Waals surface area contributed by atoms with E-state index in [2.05, 4.69) is 12.1 Å². The van der Waals surface area contributed by atoms with Gasteiger partial charge in [-0.15, -0.1) is 34.0 Å². The van der Waals surface area contributed by atoms with Crippen molar-refractivity contribution in [2.45, 2.75) is 88.9 Å². The Balaban J connectivity index is 1.22. The maximum Gasteiger partial charge on any atom is 0.271 e. The van der Waals surface area contributed by atoms with E-state index in [1.807, 2.05) is 35.6 Å². The predicted octanol–water partition coefficient (Wildman–Crippen LogP) is 8.78. The normalized spacial score (nSPS) is 23.0. The Morgan fingerprint density at radius 3 is 1.32 bits per heavy atom. The molecule has 0 bridgehead atoms. The number of carbonyl (C=O) groups excluding carboxylic acids is 4. The fraction of sp³-hybridized carbons (Fsp3) is 0.381. The number of fused-ring (bicyclic) bond motifs is 11. The minimum atomic E-state index is -0.560. The highest BCUT2D eigenvalue weighted by Gasteiger charge is 2.56. The SMILES string of the molecule is CC1=C(C#N)C(=O)N(C)C(=O)/C1=C/c1cc2c(s1)-c1sc3c(c1C21CCCCC1)C1(CCCCC1)c1cc(/C=C2/C(=O)N(C)C(=O)C(C#N)=C2C)sc1-3. The van der Waals surface area contributed by atoms with Crippen molar-refractivity contribution in [3.8, 4) is 31.6 Å². The Morgan fingerprint density at radius 2 is 0.962 bits per heavy atom. The van der Waals surface area contributed by atoms with Gasteiger partial charge in [0, 0.05) is 65.3 Å². The van der Waals surface area contributed by atoms with Gasteiger partial charge in [0.15, 0.2) is 0 Å². The molecule has 266 valence electrons. The largest absolute Gasteiger partial charge is 0.277 e. The summed E-state index contributed by atoms with van der Waals surface area (Å²) in [4.78, 5) is 61.2. The minimum absolute atomic E-state index is 0.00719. The minimum Gasteiger partial charge on any atom is -0.277 e. The lowest BCUT2D eigenvalue weighted by Crippen LogP contribution is -2.39. The zero-order valence-electron chi connectivity index (χ0n) is 30.0. The number of imide groups is 2. The van der Waals surface area contributed by atoms with Crippen LogP contribution in [0.3, 0.4) is 0 Å². The van der Waals surface area contributed by atoms with Crippen LogP contribution in [0.15, 0.2) is 45.6 Å². The average Bonchev–Trinajstić information content (AvgIpc) is 3.96. The van der Waals surface area contributed by atoms with Gasteiger partial charge in [0.1, 0.15) is 23.3 Å². The summed E-state index contributed by atoms with van der Waals surface area (Å²) < 4.78 is 0. The van der Waals surface area contributed by atoms with Crippen LogP contribution in [0.5, 0.6) is 0 Å². The highest BCUT2D eigenvalue weighted by atomic mass is 32.1. The van der Waals surface area contributed by atoms with E-state index in [9.17, 15) is 29.7 Å². The quantitative estimate of drug-likeness (QED) is 0.190. The summed E-state index contributed by atoms with van der Waals surface area (Å²) in [5.74, 6) is -1.90. The zero-order valence-corrected chi connectivity index (χ0v) is 32.5. The van der Waals surface area contributed by atoms with Crippen molar-refractivity contribution in [2.75, 3.05) is 14.1 Å². The van der Waals surface area contributed by atoms with E-state index >= 15 is 0 Å². The molecule has 4 aliphatic carbocycles. The number of rotatable bonds is 2. The molecule has 0 radical (unpaired) electrons. The van der Waals surface area contributed by atoms with Crippen LogP contribution in [0.2, 0.25) is 0 Å². The third-order valence-corrected chi connectivity index (χ3v) is 16.4. The molecule has 3 aromatic rings. The van der Waals surface area contributed by atoms with E-state index in [4.69, 9.17) is 0 Å². The van der Waals surface area contributed by atoms with E-state index in [0.717, 1.165) is 70.9 Å². The van der Waals surface area contributed by atoms with E-state index in [0.29, 0.717) is 22.3 Å². The summed E-state index contributed by atoms with van der Waals surface area (Å²) in [5, 5.41) is 19.5. The molecule has 2 fully saturated rings. The van der Waals surface area contributed by atoms with Crippen molar-refractivity contribution in [3.63, 3.8) is 0 Å². The molecule has 2 saturated carbocycles. The van der Waals surface area contributed by atoms with Gasteiger partial charge in [0.2, 0.25) is 0 Å². The van der Waals surface area contributed by atoms with Crippen LogP contribution >= 0.6 is 34.0 Å². The molecule has 9 rings (SSSR count). The standard InChI is InChI=1S/C42H36N4O4S3/c1-21-25(37(47)45(3)39(49)27(21)19-43)15-23-17-29-33(51-23)35-31(41(29)11-7-5-8-12-41)32-36(53-35)34-30(42(32)13-9-6-10-14-42)18-24(52-34)16-26-22(2)28(20-44)40(50)46(4)38(26)48/h15-18H,5-14H2,1-4H3/b25-15+,26-16+. The van der Waals surface area contributed by atoms with E-state index in [1.54, 1.807) is 36.5 Å². The molecule has 4 amide bonds. The first-order valence-electron chi connectivity index (χ1n) is 18.3. The average molecular weight is 757 g/mol. The Hall–Kier alpha value is -4.68. The first kappa shape index (κ1) is 34.1. The number of nitrogens with zero attached hydrogens (tertiary/aromatic N) is 4. The van der Waals surface area contributed by atoms with Gasteiger partial charge in [0.05, 0.1) is 0 Å². The molecule has 5 heterocycles. The Bertz CT molecular complexity index is 2300. The maximum atomic E-state index is 13.3. The Labute approximate surface area is 320 Å². The van der Waals surface area contributed by atoms with E-state index in [-0.39, 0.29) is 33.8 Å². The first-order chi connectivity index (χ1) is 25.5. The molecule has 11 heteroatoms. The topological polar surface area (TPSA) is 122 Å². The van der Waals surface area contributed by atoms with E-state index < -0.39 is 11.8 Å². The Morgan fingerprint density at radius 1 is 0.585 bits per heavy atom. The van der Waals surface area contributed by atoms with Gasteiger partial charge in [-0.2, -0.15) is 10.5 Å². The van der Waals surface area contributed by atoms with Crippen molar-refractivity contribution in [1.29, 1.82) is 10.5 Å². The van der Waals surface area contributed by atoms with Crippen molar-refractivity contribution in [1.82, 2.24) is 9.80 Å². The molecule has 0 atom stereocenters. The van der Waals surface area contributed by atoms with Crippen molar-refractivity contribution < 1.29 is 19.2 Å². The molecular weight excluding hydrogens is 721 g/mol. The van der Waals surface area contributed by atoms with Crippen molar-refractivity contribution in [2.24, 2.45) is 0 Å². The number of likely N-dealkylation sites (N-methyl/N-ethyl adjacent to an activating group) is 2. The maximum absolute atomic E-state index is 13.3. The van der Waals surface area contributed by atoms with Gasteiger partial charge in [-0.25, -0.2) is 0 Å². The summed E-state index contributed by atoms with van der Waals surface area (Å²) in [7, 11) is 2.87. The number of hydrogen-bond donors (Lipinski definition) is 0. The highest BCUT2D eigenvalue weighted by molar-refractivity contribution is 7.27. The van der Waals surface area contributed by atoms with Gasteiger partial charge in [-0.1, -0.05) is 38.5 Å². The number of carbonyl (C=O) groups is 4. The smallest absolute Gasteiger partial charge is 0.271 e. The van der Waals surface area contributed by atoms with Crippen LogP contribution in [0.25, 0.3) is 31.7 Å². The third kappa shape index (κ3) is 4.48. The van der Waals surface area contributed by atoms with Crippen LogP contribution < -0.4 is 0 Å². The summed E-state index contributed by atoms with van der Waals surface area (Å²) in [6.45, 7) is 3.38. The molecule has 6 aliphatic rings. The zero-order chi connectivity index (χ0) is 37.1. The number of nitriles is 2. The molecule has 2 spiro atoms. The van der Waals surface area contributed by atoms with Gasteiger partial charge < -0.3 is 0 Å². The monoisotopic (exact) mass is 756 g/mol. The van der Waals surface area contributed by atoms with E-state index in [1.165, 1.54) is 68.7 Å². The lowest BCUT2D eigenvalue weighted by Gasteiger charge is -2.41. The second kappa shape index (κ2) is 11.9. The van der Waals surface area contributed by atoms with Crippen LogP contribution in [0.1, 0.15) is 110 Å².